The van der Waals surface area contributed by atoms with E-state index < -0.39 is 0 Å². The Morgan fingerprint density at radius 1 is 1.19 bits per heavy atom. The van der Waals surface area contributed by atoms with Gasteiger partial charge >= 0.3 is 5.97 Å². The highest BCUT2D eigenvalue weighted by Crippen LogP contribution is 2.36. The molecular formula is C21H20N4O2. The zero-order valence-electron chi connectivity index (χ0n) is 15.2. The molecule has 0 amide bonds. The minimum atomic E-state index is -0.371. The van der Waals surface area contributed by atoms with Crippen LogP contribution in [-0.2, 0) is 11.2 Å². The number of carbonyl (C=O) groups excluding carboxylic acids is 1. The third-order valence-corrected chi connectivity index (χ3v) is 4.62. The molecule has 4 rings (SSSR count). The molecule has 1 N–H and O–H groups in total. The fourth-order valence-corrected chi connectivity index (χ4v) is 3.39. The zero-order valence-corrected chi connectivity index (χ0v) is 15.2. The van der Waals surface area contributed by atoms with Crippen molar-refractivity contribution in [1.29, 1.82) is 0 Å². The molecule has 1 aliphatic heterocycles. The number of anilines is 4. The molecule has 0 saturated heterocycles. The summed E-state index contributed by atoms with van der Waals surface area (Å²) in [6, 6.07) is 17.6. The van der Waals surface area contributed by atoms with Crippen molar-refractivity contribution in [2.45, 2.75) is 19.4 Å². The number of aromatic nitrogens is 2. The fourth-order valence-electron chi connectivity index (χ4n) is 3.39. The molecule has 1 atom stereocenters. The summed E-state index contributed by atoms with van der Waals surface area (Å²) in [5.74, 6) is 0.949. The molecule has 0 bridgehead atoms. The largest absolute Gasteiger partial charge is 0.465 e. The third-order valence-electron chi connectivity index (χ3n) is 4.62. The van der Waals surface area contributed by atoms with Gasteiger partial charge in [-0.25, -0.2) is 9.78 Å². The SMILES string of the molecule is COC(=O)c1cccc(Nc2ccnc(N3c4ccccc4CC3C)n2)c1. The summed E-state index contributed by atoms with van der Waals surface area (Å²) >= 11 is 0. The van der Waals surface area contributed by atoms with Gasteiger partial charge in [0.25, 0.3) is 0 Å². The van der Waals surface area contributed by atoms with Crippen LogP contribution in [0.2, 0.25) is 0 Å². The van der Waals surface area contributed by atoms with Gasteiger partial charge in [0.05, 0.1) is 12.7 Å². The minimum Gasteiger partial charge on any atom is -0.465 e. The quantitative estimate of drug-likeness (QED) is 0.707. The fraction of sp³-hybridized carbons (Fsp3) is 0.190. The van der Waals surface area contributed by atoms with Crippen molar-refractivity contribution in [3.8, 4) is 0 Å². The van der Waals surface area contributed by atoms with Gasteiger partial charge in [-0.05, 0) is 49.2 Å². The molecule has 1 aliphatic rings. The molecule has 1 aromatic heterocycles. The molecule has 2 heterocycles. The first-order valence-corrected chi connectivity index (χ1v) is 8.81. The first-order chi connectivity index (χ1) is 13.2. The average molecular weight is 360 g/mol. The second-order valence-corrected chi connectivity index (χ2v) is 6.49. The van der Waals surface area contributed by atoms with Gasteiger partial charge in [0, 0.05) is 23.6 Å². The van der Waals surface area contributed by atoms with E-state index in [-0.39, 0.29) is 5.97 Å². The summed E-state index contributed by atoms with van der Waals surface area (Å²) in [7, 11) is 1.37. The molecule has 2 aromatic carbocycles. The molecule has 0 saturated carbocycles. The monoisotopic (exact) mass is 360 g/mol. The molecule has 0 radical (unpaired) electrons. The number of fused-ring (bicyclic) bond motifs is 1. The number of carbonyl (C=O) groups is 1. The summed E-state index contributed by atoms with van der Waals surface area (Å²) in [6.07, 6.45) is 2.71. The summed E-state index contributed by atoms with van der Waals surface area (Å²) in [5.41, 5.74) is 3.70. The van der Waals surface area contributed by atoms with Crippen LogP contribution >= 0.6 is 0 Å². The van der Waals surface area contributed by atoms with E-state index in [4.69, 9.17) is 4.74 Å². The molecule has 0 spiro atoms. The predicted molar refractivity (Wildman–Crippen MR) is 105 cm³/mol. The smallest absolute Gasteiger partial charge is 0.337 e. The van der Waals surface area contributed by atoms with Crippen molar-refractivity contribution in [2.24, 2.45) is 0 Å². The third kappa shape index (κ3) is 3.33. The molecule has 6 nitrogen and oxygen atoms in total. The lowest BCUT2D eigenvalue weighted by Crippen LogP contribution is -2.25. The number of ether oxygens (including phenoxy) is 1. The Hall–Kier alpha value is -3.41. The van der Waals surface area contributed by atoms with Crippen LogP contribution in [0.4, 0.5) is 23.1 Å². The summed E-state index contributed by atoms with van der Waals surface area (Å²) in [4.78, 5) is 23.0. The molecule has 27 heavy (non-hydrogen) atoms. The maximum Gasteiger partial charge on any atom is 0.337 e. The van der Waals surface area contributed by atoms with Crippen molar-refractivity contribution < 1.29 is 9.53 Å². The van der Waals surface area contributed by atoms with Gasteiger partial charge in [-0.2, -0.15) is 4.98 Å². The lowest BCUT2D eigenvalue weighted by atomic mass is 10.1. The maximum absolute atomic E-state index is 11.7. The second kappa shape index (κ2) is 7.07. The van der Waals surface area contributed by atoms with Crippen LogP contribution in [0.5, 0.6) is 0 Å². The molecular weight excluding hydrogens is 340 g/mol. The van der Waals surface area contributed by atoms with Crippen LogP contribution in [0.1, 0.15) is 22.8 Å². The lowest BCUT2D eigenvalue weighted by Gasteiger charge is -2.23. The Labute approximate surface area is 157 Å². The molecule has 3 aromatic rings. The number of rotatable bonds is 4. The van der Waals surface area contributed by atoms with Gasteiger partial charge in [0.2, 0.25) is 5.95 Å². The van der Waals surface area contributed by atoms with Crippen molar-refractivity contribution in [1.82, 2.24) is 9.97 Å². The topological polar surface area (TPSA) is 67.3 Å². The maximum atomic E-state index is 11.7. The predicted octanol–water partition coefficient (Wildman–Crippen LogP) is 4.09. The van der Waals surface area contributed by atoms with Crippen LogP contribution in [0.3, 0.4) is 0 Å². The number of hydrogen-bond acceptors (Lipinski definition) is 6. The number of nitrogens with zero attached hydrogens (tertiary/aromatic N) is 3. The van der Waals surface area contributed by atoms with Crippen molar-refractivity contribution >= 4 is 29.1 Å². The molecule has 6 heteroatoms. The van der Waals surface area contributed by atoms with Crippen LogP contribution in [0.25, 0.3) is 0 Å². The molecule has 136 valence electrons. The minimum absolute atomic E-state index is 0.292. The van der Waals surface area contributed by atoms with Crippen molar-refractivity contribution in [3.63, 3.8) is 0 Å². The molecule has 0 aliphatic carbocycles. The van der Waals surface area contributed by atoms with Crippen molar-refractivity contribution in [3.05, 3.63) is 71.9 Å². The normalized spacial score (nSPS) is 15.3. The average Bonchev–Trinajstić information content (AvgIpc) is 3.03. The van der Waals surface area contributed by atoms with Gasteiger partial charge in [0.1, 0.15) is 5.82 Å². The van der Waals surface area contributed by atoms with Gasteiger partial charge in [-0.15, -0.1) is 0 Å². The highest BCUT2D eigenvalue weighted by atomic mass is 16.5. The summed E-state index contributed by atoms with van der Waals surface area (Å²) in [5, 5.41) is 3.24. The Morgan fingerprint density at radius 2 is 2.04 bits per heavy atom. The van der Waals surface area contributed by atoms with E-state index in [9.17, 15) is 4.79 Å². The zero-order chi connectivity index (χ0) is 18.8. The van der Waals surface area contributed by atoms with E-state index >= 15 is 0 Å². The van der Waals surface area contributed by atoms with Crippen LogP contribution in [0.15, 0.2) is 60.8 Å². The molecule has 0 fully saturated rings. The first-order valence-electron chi connectivity index (χ1n) is 8.81. The van der Waals surface area contributed by atoms with E-state index in [1.165, 1.54) is 12.7 Å². The summed E-state index contributed by atoms with van der Waals surface area (Å²) < 4.78 is 4.77. The van der Waals surface area contributed by atoms with E-state index in [1.54, 1.807) is 30.5 Å². The number of methoxy groups -OCH3 is 1. The number of para-hydroxylation sites is 1. The highest BCUT2D eigenvalue weighted by molar-refractivity contribution is 5.90. The van der Waals surface area contributed by atoms with E-state index in [0.717, 1.165) is 17.8 Å². The standard InChI is InChI=1S/C21H20N4O2/c1-14-12-15-6-3-4-9-18(15)25(14)21-22-11-10-19(24-21)23-17-8-5-7-16(13-17)20(26)27-2/h3-11,13-14H,12H2,1-2H3,(H,22,23,24). The first kappa shape index (κ1) is 17.0. The van der Waals surface area contributed by atoms with Crippen LogP contribution in [-0.4, -0.2) is 29.1 Å². The lowest BCUT2D eigenvalue weighted by molar-refractivity contribution is 0.0601. The highest BCUT2D eigenvalue weighted by Gasteiger charge is 2.28. The number of benzene rings is 2. The Bertz CT molecular complexity index is 989. The molecule has 1 unspecified atom stereocenters. The van der Waals surface area contributed by atoms with E-state index in [2.05, 4.69) is 45.3 Å². The number of esters is 1. The van der Waals surface area contributed by atoms with Crippen molar-refractivity contribution in [2.75, 3.05) is 17.3 Å². The summed E-state index contributed by atoms with van der Waals surface area (Å²) in [6.45, 7) is 2.17. The Kier molecular flexibility index (Phi) is 4.46. The second-order valence-electron chi connectivity index (χ2n) is 6.49. The van der Waals surface area contributed by atoms with Crippen LogP contribution < -0.4 is 10.2 Å². The Balaban J connectivity index is 1.62. The van der Waals surface area contributed by atoms with Gasteiger partial charge in [-0.3, -0.25) is 0 Å². The van der Waals surface area contributed by atoms with Gasteiger partial charge < -0.3 is 15.0 Å². The number of hydrogen-bond donors (Lipinski definition) is 1. The Morgan fingerprint density at radius 3 is 2.89 bits per heavy atom. The van der Waals surface area contributed by atoms with E-state index in [1.807, 2.05) is 12.1 Å². The number of nitrogens with one attached hydrogen (secondary N) is 1. The van der Waals surface area contributed by atoms with Crippen LogP contribution in [0, 0.1) is 0 Å². The van der Waals surface area contributed by atoms with E-state index in [0.29, 0.717) is 23.4 Å². The van der Waals surface area contributed by atoms with Gasteiger partial charge in [-0.1, -0.05) is 24.3 Å². The van der Waals surface area contributed by atoms with Gasteiger partial charge in [0.15, 0.2) is 0 Å².